The van der Waals surface area contributed by atoms with Gasteiger partial charge in [0, 0.05) is 30.9 Å². The summed E-state index contributed by atoms with van der Waals surface area (Å²) in [4.78, 5) is 43.8. The predicted molar refractivity (Wildman–Crippen MR) is 94.8 cm³/mol. The SMILES string of the molecule is CCC[C@@]1(C(=O)O)CN(C(=O)CCc2c(C)nc(=O)[nH]c2C)CC[C@@H]1O. The fourth-order valence-corrected chi connectivity index (χ4v) is 3.81. The number of likely N-dealkylation sites (tertiary alicyclic amines) is 1. The lowest BCUT2D eigenvalue weighted by Gasteiger charge is -2.43. The Morgan fingerprint density at radius 3 is 2.65 bits per heavy atom. The minimum atomic E-state index is -1.30. The molecular weight excluding hydrogens is 338 g/mol. The molecule has 1 aliphatic rings. The van der Waals surface area contributed by atoms with Crippen LogP contribution < -0.4 is 5.69 Å². The van der Waals surface area contributed by atoms with E-state index in [0.29, 0.717) is 37.2 Å². The number of aliphatic hydroxyl groups is 1. The molecule has 0 aliphatic carbocycles. The number of nitrogens with zero attached hydrogens (tertiary/aromatic N) is 2. The zero-order valence-corrected chi connectivity index (χ0v) is 15.5. The maximum atomic E-state index is 12.6. The molecule has 0 radical (unpaired) electrons. The van der Waals surface area contributed by atoms with Gasteiger partial charge in [-0.3, -0.25) is 9.59 Å². The third-order valence-corrected chi connectivity index (χ3v) is 5.30. The average molecular weight is 365 g/mol. The van der Waals surface area contributed by atoms with Crippen molar-refractivity contribution < 1.29 is 19.8 Å². The number of amides is 1. The average Bonchev–Trinajstić information content (AvgIpc) is 2.55. The number of nitrogens with one attached hydrogen (secondary N) is 1. The Balaban J connectivity index is 2.10. The van der Waals surface area contributed by atoms with Gasteiger partial charge in [0.15, 0.2) is 0 Å². The third kappa shape index (κ3) is 3.95. The number of carbonyl (C=O) groups excluding carboxylic acids is 1. The van der Waals surface area contributed by atoms with Gasteiger partial charge in [-0.15, -0.1) is 0 Å². The molecular formula is C18H27N3O5. The highest BCUT2D eigenvalue weighted by Crippen LogP contribution is 2.35. The first-order valence-corrected chi connectivity index (χ1v) is 8.97. The summed E-state index contributed by atoms with van der Waals surface area (Å²) in [6, 6.07) is 0. The molecule has 2 heterocycles. The van der Waals surface area contributed by atoms with E-state index in [2.05, 4.69) is 9.97 Å². The van der Waals surface area contributed by atoms with Gasteiger partial charge in [0.05, 0.1) is 6.10 Å². The summed E-state index contributed by atoms with van der Waals surface area (Å²) in [6.45, 7) is 5.74. The normalized spacial score (nSPS) is 23.1. The van der Waals surface area contributed by atoms with Gasteiger partial charge in [-0.1, -0.05) is 13.3 Å². The summed E-state index contributed by atoms with van der Waals surface area (Å²) in [5.74, 6) is -1.20. The van der Waals surface area contributed by atoms with E-state index in [1.165, 1.54) is 0 Å². The molecule has 8 nitrogen and oxygen atoms in total. The Morgan fingerprint density at radius 1 is 1.38 bits per heavy atom. The van der Waals surface area contributed by atoms with Gasteiger partial charge in [-0.25, -0.2) is 4.79 Å². The summed E-state index contributed by atoms with van der Waals surface area (Å²) >= 11 is 0. The van der Waals surface area contributed by atoms with Crippen molar-refractivity contribution in [2.24, 2.45) is 5.41 Å². The van der Waals surface area contributed by atoms with Crippen LogP contribution in [-0.2, 0) is 16.0 Å². The molecule has 0 aromatic carbocycles. The minimum absolute atomic E-state index is 0.0258. The molecule has 1 aromatic heterocycles. The van der Waals surface area contributed by atoms with E-state index in [1.54, 1.807) is 18.7 Å². The van der Waals surface area contributed by atoms with Crippen LogP contribution in [0.15, 0.2) is 4.79 Å². The van der Waals surface area contributed by atoms with E-state index in [4.69, 9.17) is 0 Å². The molecule has 0 saturated carbocycles. The standard InChI is InChI=1S/C18H27N3O5/c1-4-8-18(16(24)25)10-21(9-7-14(18)22)15(23)6-5-13-11(2)19-17(26)20-12(13)3/h14,22H,4-10H2,1-3H3,(H,24,25)(H,19,20,26)/t14-,18+/m0/s1. The molecule has 26 heavy (non-hydrogen) atoms. The van der Waals surface area contributed by atoms with Crippen LogP contribution in [0.2, 0.25) is 0 Å². The molecule has 1 aromatic rings. The zero-order chi connectivity index (χ0) is 19.5. The summed E-state index contributed by atoms with van der Waals surface area (Å²) in [5.41, 5.74) is 0.404. The molecule has 144 valence electrons. The number of aromatic nitrogens is 2. The Bertz CT molecular complexity index is 719. The molecule has 0 unspecified atom stereocenters. The quantitative estimate of drug-likeness (QED) is 0.684. The van der Waals surface area contributed by atoms with Crippen LogP contribution in [0.5, 0.6) is 0 Å². The molecule has 3 N–H and O–H groups in total. The number of piperidine rings is 1. The lowest BCUT2D eigenvalue weighted by Crippen LogP contribution is -2.57. The van der Waals surface area contributed by atoms with Crippen molar-refractivity contribution >= 4 is 11.9 Å². The first-order valence-electron chi connectivity index (χ1n) is 8.97. The lowest BCUT2D eigenvalue weighted by atomic mass is 9.74. The molecule has 8 heteroatoms. The van der Waals surface area contributed by atoms with Gasteiger partial charge in [0.1, 0.15) is 5.41 Å². The van der Waals surface area contributed by atoms with Crippen molar-refractivity contribution in [2.45, 2.75) is 59.0 Å². The van der Waals surface area contributed by atoms with Gasteiger partial charge in [0.25, 0.3) is 0 Å². The van der Waals surface area contributed by atoms with E-state index in [9.17, 15) is 24.6 Å². The van der Waals surface area contributed by atoms with Crippen LogP contribution >= 0.6 is 0 Å². The molecule has 1 fully saturated rings. The maximum Gasteiger partial charge on any atom is 0.345 e. The Hall–Kier alpha value is -2.22. The van der Waals surface area contributed by atoms with E-state index >= 15 is 0 Å². The molecule has 0 bridgehead atoms. The monoisotopic (exact) mass is 365 g/mol. The van der Waals surface area contributed by atoms with E-state index in [0.717, 1.165) is 5.56 Å². The van der Waals surface area contributed by atoms with Crippen molar-refractivity contribution in [1.29, 1.82) is 0 Å². The van der Waals surface area contributed by atoms with Crippen molar-refractivity contribution in [3.8, 4) is 0 Å². The van der Waals surface area contributed by atoms with Crippen molar-refractivity contribution in [1.82, 2.24) is 14.9 Å². The second kappa shape index (κ2) is 7.99. The van der Waals surface area contributed by atoms with Crippen LogP contribution in [0.1, 0.15) is 49.6 Å². The summed E-state index contributed by atoms with van der Waals surface area (Å²) in [7, 11) is 0. The summed E-state index contributed by atoms with van der Waals surface area (Å²) in [5, 5.41) is 19.9. The Labute approximate surface area is 152 Å². The summed E-state index contributed by atoms with van der Waals surface area (Å²) < 4.78 is 0. The number of hydrogen-bond acceptors (Lipinski definition) is 5. The van der Waals surface area contributed by atoms with E-state index in [-0.39, 0.29) is 25.3 Å². The Kier molecular flexibility index (Phi) is 6.17. The topological polar surface area (TPSA) is 124 Å². The molecule has 2 atom stereocenters. The summed E-state index contributed by atoms with van der Waals surface area (Å²) in [6.07, 6.45) is 0.885. The van der Waals surface area contributed by atoms with Gasteiger partial charge in [0.2, 0.25) is 5.91 Å². The fraction of sp³-hybridized carbons (Fsp3) is 0.667. The fourth-order valence-electron chi connectivity index (χ4n) is 3.81. The molecule has 1 aliphatic heterocycles. The van der Waals surface area contributed by atoms with E-state index < -0.39 is 23.2 Å². The number of aryl methyl sites for hydroxylation is 2. The second-order valence-corrected chi connectivity index (χ2v) is 7.06. The number of carbonyl (C=O) groups is 2. The number of carboxylic acid groups (broad SMARTS) is 1. The van der Waals surface area contributed by atoms with Crippen molar-refractivity contribution in [3.05, 3.63) is 27.4 Å². The highest BCUT2D eigenvalue weighted by molar-refractivity contribution is 5.80. The minimum Gasteiger partial charge on any atom is -0.481 e. The zero-order valence-electron chi connectivity index (χ0n) is 15.5. The Morgan fingerprint density at radius 2 is 2.08 bits per heavy atom. The van der Waals surface area contributed by atoms with Crippen LogP contribution in [0.4, 0.5) is 0 Å². The maximum absolute atomic E-state index is 12.6. The van der Waals surface area contributed by atoms with Crippen LogP contribution in [0.3, 0.4) is 0 Å². The van der Waals surface area contributed by atoms with Crippen LogP contribution in [-0.4, -0.2) is 56.2 Å². The largest absolute Gasteiger partial charge is 0.481 e. The number of aliphatic carboxylic acids is 1. The predicted octanol–water partition coefficient (Wildman–Crippen LogP) is 0.784. The van der Waals surface area contributed by atoms with Gasteiger partial charge in [-0.2, -0.15) is 4.98 Å². The highest BCUT2D eigenvalue weighted by atomic mass is 16.4. The highest BCUT2D eigenvalue weighted by Gasteiger charge is 2.49. The smallest absolute Gasteiger partial charge is 0.345 e. The van der Waals surface area contributed by atoms with Gasteiger partial charge in [-0.05, 0) is 38.7 Å². The first-order chi connectivity index (χ1) is 12.2. The van der Waals surface area contributed by atoms with Crippen LogP contribution in [0.25, 0.3) is 0 Å². The number of aliphatic hydroxyl groups excluding tert-OH is 1. The van der Waals surface area contributed by atoms with Crippen molar-refractivity contribution in [2.75, 3.05) is 13.1 Å². The molecule has 0 spiro atoms. The third-order valence-electron chi connectivity index (χ3n) is 5.30. The van der Waals surface area contributed by atoms with Gasteiger partial charge < -0.3 is 20.1 Å². The lowest BCUT2D eigenvalue weighted by molar-refractivity contribution is -0.166. The van der Waals surface area contributed by atoms with E-state index in [1.807, 2.05) is 6.92 Å². The molecule has 2 rings (SSSR count). The number of carboxylic acids is 1. The number of aromatic amines is 1. The van der Waals surface area contributed by atoms with Crippen LogP contribution in [0, 0.1) is 19.3 Å². The molecule has 1 saturated heterocycles. The number of rotatable bonds is 6. The van der Waals surface area contributed by atoms with Gasteiger partial charge >= 0.3 is 11.7 Å². The second-order valence-electron chi connectivity index (χ2n) is 7.06. The molecule has 1 amide bonds. The number of hydrogen-bond donors (Lipinski definition) is 3. The first kappa shape index (κ1) is 20.1. The number of H-pyrrole nitrogens is 1. The van der Waals surface area contributed by atoms with Crippen molar-refractivity contribution in [3.63, 3.8) is 0 Å².